The predicted octanol–water partition coefficient (Wildman–Crippen LogP) is 3.17. The molecule has 6 nitrogen and oxygen atoms in total. The number of hydrogen-bond donors (Lipinski definition) is 2. The van der Waals surface area contributed by atoms with Crippen LogP contribution in [0.2, 0.25) is 0 Å². The predicted molar refractivity (Wildman–Crippen MR) is 94.3 cm³/mol. The first-order valence-corrected chi connectivity index (χ1v) is 8.13. The van der Waals surface area contributed by atoms with Crippen LogP contribution in [0.1, 0.15) is 18.4 Å². The van der Waals surface area contributed by atoms with Gasteiger partial charge in [-0.3, -0.25) is 10.1 Å². The highest BCUT2D eigenvalue weighted by molar-refractivity contribution is 5.70. The maximum absolute atomic E-state index is 10.7. The third-order valence-electron chi connectivity index (χ3n) is 4.34. The minimum absolute atomic E-state index is 0.103. The van der Waals surface area contributed by atoms with Gasteiger partial charge in [-0.25, -0.2) is 0 Å². The van der Waals surface area contributed by atoms with Crippen LogP contribution in [-0.4, -0.2) is 29.2 Å². The van der Waals surface area contributed by atoms with Crippen LogP contribution in [-0.2, 0) is 6.54 Å². The second kappa shape index (κ2) is 7.31. The molecule has 0 spiro atoms. The lowest BCUT2D eigenvalue weighted by molar-refractivity contribution is -0.384. The zero-order valence-electron chi connectivity index (χ0n) is 13.4. The monoisotopic (exact) mass is 327 g/mol. The molecule has 1 aliphatic rings. The van der Waals surface area contributed by atoms with Gasteiger partial charge in [0, 0.05) is 31.8 Å². The zero-order chi connectivity index (χ0) is 16.9. The van der Waals surface area contributed by atoms with Crippen molar-refractivity contribution in [3.63, 3.8) is 0 Å². The Labute approximate surface area is 140 Å². The first-order chi connectivity index (χ1) is 11.6. The number of nitrogens with one attached hydrogen (secondary N) is 1. The first kappa shape index (κ1) is 16.3. The molecule has 2 N–H and O–H groups in total. The van der Waals surface area contributed by atoms with Crippen LogP contribution in [0, 0.1) is 10.1 Å². The summed E-state index contributed by atoms with van der Waals surface area (Å²) in [6, 6.07) is 14.7. The van der Waals surface area contributed by atoms with E-state index in [1.807, 2.05) is 18.2 Å². The summed E-state index contributed by atoms with van der Waals surface area (Å²) in [7, 11) is 0. The minimum atomic E-state index is -0.392. The van der Waals surface area contributed by atoms with E-state index in [1.165, 1.54) is 12.1 Å². The first-order valence-electron chi connectivity index (χ1n) is 8.13. The van der Waals surface area contributed by atoms with E-state index in [1.54, 1.807) is 12.1 Å². The number of anilines is 2. The Bertz CT molecular complexity index is 695. The van der Waals surface area contributed by atoms with Crippen molar-refractivity contribution in [2.45, 2.75) is 25.5 Å². The average molecular weight is 327 g/mol. The smallest absolute Gasteiger partial charge is 0.269 e. The fourth-order valence-corrected chi connectivity index (χ4v) is 2.94. The zero-order valence-corrected chi connectivity index (χ0v) is 13.4. The molecule has 1 saturated heterocycles. The second-order valence-corrected chi connectivity index (χ2v) is 6.01. The average Bonchev–Trinajstić information content (AvgIpc) is 2.61. The summed E-state index contributed by atoms with van der Waals surface area (Å²) in [5.74, 6) is 0. The molecule has 1 heterocycles. The Morgan fingerprint density at radius 1 is 1.12 bits per heavy atom. The Morgan fingerprint density at radius 2 is 1.79 bits per heavy atom. The van der Waals surface area contributed by atoms with Gasteiger partial charge >= 0.3 is 0 Å². The number of nitro groups is 1. The van der Waals surface area contributed by atoms with Crippen molar-refractivity contribution in [2.75, 3.05) is 23.3 Å². The number of non-ortho nitro benzene ring substituents is 1. The molecule has 3 rings (SSSR count). The number of nitro benzene ring substituents is 1. The van der Waals surface area contributed by atoms with Crippen LogP contribution < -0.4 is 10.2 Å². The molecule has 2 aromatic carbocycles. The van der Waals surface area contributed by atoms with Crippen molar-refractivity contribution in [1.29, 1.82) is 0 Å². The number of rotatable bonds is 5. The third kappa shape index (κ3) is 3.83. The molecule has 0 atom stereocenters. The highest BCUT2D eigenvalue weighted by Gasteiger charge is 2.19. The maximum Gasteiger partial charge on any atom is 0.269 e. The number of nitrogens with zero attached hydrogens (tertiary/aromatic N) is 2. The van der Waals surface area contributed by atoms with Gasteiger partial charge in [-0.2, -0.15) is 0 Å². The Balaban J connectivity index is 1.68. The quantitative estimate of drug-likeness (QED) is 0.651. The van der Waals surface area contributed by atoms with Crippen molar-refractivity contribution in [1.82, 2.24) is 0 Å². The van der Waals surface area contributed by atoms with Crippen LogP contribution in [0.3, 0.4) is 0 Å². The highest BCUT2D eigenvalue weighted by atomic mass is 16.6. The number of hydrogen-bond acceptors (Lipinski definition) is 5. The summed E-state index contributed by atoms with van der Waals surface area (Å²) in [4.78, 5) is 12.6. The molecule has 0 unspecified atom stereocenters. The van der Waals surface area contributed by atoms with Gasteiger partial charge in [0.2, 0.25) is 0 Å². The molecule has 0 aromatic heterocycles. The van der Waals surface area contributed by atoms with Crippen LogP contribution in [0.25, 0.3) is 0 Å². The van der Waals surface area contributed by atoms with Crippen molar-refractivity contribution >= 4 is 17.1 Å². The van der Waals surface area contributed by atoms with E-state index in [2.05, 4.69) is 16.3 Å². The largest absolute Gasteiger partial charge is 0.393 e. The molecular weight excluding hydrogens is 306 g/mol. The van der Waals surface area contributed by atoms with E-state index in [9.17, 15) is 15.2 Å². The fourth-order valence-electron chi connectivity index (χ4n) is 2.94. The van der Waals surface area contributed by atoms with E-state index in [4.69, 9.17) is 0 Å². The minimum Gasteiger partial charge on any atom is -0.393 e. The molecule has 0 saturated carbocycles. The number of benzene rings is 2. The lowest BCUT2D eigenvalue weighted by Gasteiger charge is -2.33. The van der Waals surface area contributed by atoms with Crippen LogP contribution >= 0.6 is 0 Å². The normalized spacial score (nSPS) is 15.3. The van der Waals surface area contributed by atoms with Crippen LogP contribution in [0.15, 0.2) is 48.5 Å². The van der Waals surface area contributed by atoms with Gasteiger partial charge < -0.3 is 15.3 Å². The molecule has 0 amide bonds. The van der Waals surface area contributed by atoms with Gasteiger partial charge in [-0.15, -0.1) is 0 Å². The summed E-state index contributed by atoms with van der Waals surface area (Å²) < 4.78 is 0. The highest BCUT2D eigenvalue weighted by Crippen LogP contribution is 2.28. The van der Waals surface area contributed by atoms with Gasteiger partial charge in [0.1, 0.15) is 0 Å². The summed E-state index contributed by atoms with van der Waals surface area (Å²) in [6.07, 6.45) is 1.38. The number of aliphatic hydroxyl groups excluding tert-OH is 1. The summed E-state index contributed by atoms with van der Waals surface area (Å²) in [5.41, 5.74) is 3.26. The van der Waals surface area contributed by atoms with E-state index < -0.39 is 4.92 Å². The van der Waals surface area contributed by atoms with Gasteiger partial charge in [0.25, 0.3) is 5.69 Å². The number of aliphatic hydroxyl groups is 1. The molecule has 2 aromatic rings. The lowest BCUT2D eigenvalue weighted by atomic mass is 10.1. The summed E-state index contributed by atoms with van der Waals surface area (Å²) in [6.45, 7) is 2.29. The van der Waals surface area contributed by atoms with E-state index >= 15 is 0 Å². The van der Waals surface area contributed by atoms with E-state index in [0.717, 1.165) is 42.9 Å². The Hall–Kier alpha value is -2.60. The molecule has 0 bridgehead atoms. The van der Waals surface area contributed by atoms with E-state index in [0.29, 0.717) is 6.54 Å². The van der Waals surface area contributed by atoms with Crippen molar-refractivity contribution in [3.8, 4) is 0 Å². The molecular formula is C18H21N3O3. The maximum atomic E-state index is 10.7. The molecule has 24 heavy (non-hydrogen) atoms. The van der Waals surface area contributed by atoms with Crippen molar-refractivity contribution in [3.05, 3.63) is 64.2 Å². The molecule has 0 radical (unpaired) electrons. The van der Waals surface area contributed by atoms with E-state index in [-0.39, 0.29) is 11.8 Å². The molecule has 1 fully saturated rings. The van der Waals surface area contributed by atoms with Crippen LogP contribution in [0.5, 0.6) is 0 Å². The van der Waals surface area contributed by atoms with Crippen molar-refractivity contribution in [2.24, 2.45) is 0 Å². The third-order valence-corrected chi connectivity index (χ3v) is 4.34. The fraction of sp³-hybridized carbons (Fsp3) is 0.333. The van der Waals surface area contributed by atoms with Gasteiger partial charge in [-0.05, 0) is 30.5 Å². The van der Waals surface area contributed by atoms with Crippen LogP contribution in [0.4, 0.5) is 17.1 Å². The van der Waals surface area contributed by atoms with Gasteiger partial charge in [-0.1, -0.05) is 24.3 Å². The number of piperidine rings is 1. The van der Waals surface area contributed by atoms with Gasteiger partial charge in [0.05, 0.1) is 22.4 Å². The Morgan fingerprint density at radius 3 is 2.46 bits per heavy atom. The molecule has 1 aliphatic heterocycles. The number of para-hydroxylation sites is 2. The molecule has 6 heteroatoms. The SMILES string of the molecule is O=[N+]([O-])c1ccc(CNc2ccccc2N2CCC(O)CC2)cc1. The summed E-state index contributed by atoms with van der Waals surface area (Å²) >= 11 is 0. The lowest BCUT2D eigenvalue weighted by Crippen LogP contribution is -2.36. The summed E-state index contributed by atoms with van der Waals surface area (Å²) in [5, 5.41) is 23.8. The Kier molecular flexibility index (Phi) is 4.96. The standard InChI is InChI=1S/C18H21N3O3/c22-16-9-11-20(12-10-16)18-4-2-1-3-17(18)19-13-14-5-7-15(8-6-14)21(23)24/h1-8,16,19,22H,9-13H2. The molecule has 0 aliphatic carbocycles. The topological polar surface area (TPSA) is 78.6 Å². The van der Waals surface area contributed by atoms with Crippen molar-refractivity contribution < 1.29 is 10.0 Å². The molecule has 126 valence electrons. The van der Waals surface area contributed by atoms with Gasteiger partial charge in [0.15, 0.2) is 0 Å². The second-order valence-electron chi connectivity index (χ2n) is 6.01.